The molecule has 8 heteroatoms. The molecule has 2 aromatic heterocycles. The van der Waals surface area contributed by atoms with Crippen molar-refractivity contribution in [2.24, 2.45) is 11.3 Å². The zero-order valence-corrected chi connectivity index (χ0v) is 19.1. The molecule has 0 radical (unpaired) electrons. The highest BCUT2D eigenvalue weighted by atomic mass is 32.1. The maximum absolute atomic E-state index is 12.5. The minimum Gasteiger partial charge on any atom is -0.452 e. The summed E-state index contributed by atoms with van der Waals surface area (Å²) in [6.07, 6.45) is 5.82. The molecule has 0 aliphatic heterocycles. The van der Waals surface area contributed by atoms with E-state index >= 15 is 0 Å². The fraction of sp³-hybridized carbons (Fsp3) is 0.375. The molecule has 1 N–H and O–H groups in total. The molecule has 1 aliphatic carbocycles. The Bertz CT molecular complexity index is 1230. The van der Waals surface area contributed by atoms with Crippen LogP contribution in [0.25, 0.3) is 11.0 Å². The molecule has 4 rings (SSSR count). The number of fused-ring (bicyclic) bond motifs is 2. The van der Waals surface area contributed by atoms with Crippen molar-refractivity contribution in [3.8, 4) is 6.07 Å². The van der Waals surface area contributed by atoms with Crippen molar-refractivity contribution in [3.63, 3.8) is 0 Å². The van der Waals surface area contributed by atoms with Crippen LogP contribution in [0.1, 0.15) is 53.6 Å². The third-order valence-electron chi connectivity index (χ3n) is 5.91. The first-order valence-corrected chi connectivity index (χ1v) is 11.3. The van der Waals surface area contributed by atoms with Gasteiger partial charge in [0.2, 0.25) is 0 Å². The lowest BCUT2D eigenvalue weighted by Gasteiger charge is -2.33. The van der Waals surface area contributed by atoms with Crippen molar-refractivity contribution in [1.82, 2.24) is 9.97 Å². The van der Waals surface area contributed by atoms with Gasteiger partial charge in [-0.3, -0.25) is 14.8 Å². The second-order valence-electron chi connectivity index (χ2n) is 8.98. The van der Waals surface area contributed by atoms with Gasteiger partial charge in [-0.15, -0.1) is 11.3 Å². The Morgan fingerprint density at radius 3 is 2.81 bits per heavy atom. The number of amides is 1. The van der Waals surface area contributed by atoms with Gasteiger partial charge in [0.05, 0.1) is 16.6 Å². The molecular weight excluding hydrogens is 424 g/mol. The molecule has 1 amide bonds. The molecule has 3 aromatic rings. The highest BCUT2D eigenvalue weighted by Crippen LogP contribution is 2.43. The average Bonchev–Trinajstić information content (AvgIpc) is 3.12. The molecule has 1 atom stereocenters. The predicted molar refractivity (Wildman–Crippen MR) is 122 cm³/mol. The molecule has 0 spiro atoms. The van der Waals surface area contributed by atoms with E-state index in [1.54, 1.807) is 24.4 Å². The van der Waals surface area contributed by atoms with Gasteiger partial charge in [0.25, 0.3) is 5.91 Å². The SMILES string of the molecule is CC(C)(C)C1CCc2c(sc(NC(=O)COC(=O)c3cccc4nccnc34)c2C#N)C1. The fourth-order valence-electron chi connectivity index (χ4n) is 4.06. The van der Waals surface area contributed by atoms with E-state index in [0.29, 0.717) is 27.5 Å². The van der Waals surface area contributed by atoms with E-state index in [-0.39, 0.29) is 11.0 Å². The molecule has 1 unspecified atom stereocenters. The number of para-hydroxylation sites is 1. The van der Waals surface area contributed by atoms with E-state index in [2.05, 4.69) is 42.1 Å². The van der Waals surface area contributed by atoms with Crippen molar-refractivity contribution >= 4 is 39.2 Å². The molecule has 0 bridgehead atoms. The van der Waals surface area contributed by atoms with E-state index in [9.17, 15) is 14.9 Å². The normalized spacial score (nSPS) is 15.6. The largest absolute Gasteiger partial charge is 0.452 e. The Morgan fingerprint density at radius 2 is 2.06 bits per heavy atom. The quantitative estimate of drug-likeness (QED) is 0.589. The summed E-state index contributed by atoms with van der Waals surface area (Å²) in [5, 5.41) is 13.0. The van der Waals surface area contributed by atoms with Crippen LogP contribution in [0.5, 0.6) is 0 Å². The van der Waals surface area contributed by atoms with Crippen molar-refractivity contribution in [1.29, 1.82) is 5.26 Å². The maximum Gasteiger partial charge on any atom is 0.340 e. The molecule has 164 valence electrons. The van der Waals surface area contributed by atoms with Crippen molar-refractivity contribution < 1.29 is 14.3 Å². The van der Waals surface area contributed by atoms with Gasteiger partial charge in [0.1, 0.15) is 16.6 Å². The summed E-state index contributed by atoms with van der Waals surface area (Å²) < 4.78 is 5.21. The summed E-state index contributed by atoms with van der Waals surface area (Å²) >= 11 is 1.45. The van der Waals surface area contributed by atoms with Crippen LogP contribution in [-0.4, -0.2) is 28.5 Å². The van der Waals surface area contributed by atoms with Crippen molar-refractivity contribution in [3.05, 3.63) is 52.2 Å². The number of esters is 1. The van der Waals surface area contributed by atoms with E-state index in [1.807, 2.05) is 0 Å². The number of benzene rings is 1. The van der Waals surface area contributed by atoms with E-state index in [4.69, 9.17) is 4.74 Å². The topological polar surface area (TPSA) is 105 Å². The number of nitrogens with one attached hydrogen (secondary N) is 1. The van der Waals surface area contributed by atoms with Crippen LogP contribution in [0, 0.1) is 22.7 Å². The van der Waals surface area contributed by atoms with Crippen molar-refractivity contribution in [2.75, 3.05) is 11.9 Å². The lowest BCUT2D eigenvalue weighted by Crippen LogP contribution is -2.26. The Labute approximate surface area is 190 Å². The van der Waals surface area contributed by atoms with E-state index < -0.39 is 18.5 Å². The Hall–Kier alpha value is -3.31. The van der Waals surface area contributed by atoms with E-state index in [1.165, 1.54) is 17.5 Å². The Balaban J connectivity index is 1.44. The second kappa shape index (κ2) is 8.67. The van der Waals surface area contributed by atoms with Crippen LogP contribution in [0.4, 0.5) is 5.00 Å². The average molecular weight is 449 g/mol. The highest BCUT2D eigenvalue weighted by molar-refractivity contribution is 7.16. The number of hydrogen-bond acceptors (Lipinski definition) is 7. The van der Waals surface area contributed by atoms with Gasteiger partial charge < -0.3 is 10.1 Å². The lowest BCUT2D eigenvalue weighted by molar-refractivity contribution is -0.119. The summed E-state index contributed by atoms with van der Waals surface area (Å²) in [4.78, 5) is 34.5. The number of aromatic nitrogens is 2. The number of ether oxygens (including phenoxy) is 1. The van der Waals surface area contributed by atoms with Crippen LogP contribution in [-0.2, 0) is 22.4 Å². The van der Waals surface area contributed by atoms with Crippen molar-refractivity contribution in [2.45, 2.75) is 40.0 Å². The number of carbonyl (C=O) groups is 2. The number of thiophene rings is 1. The van der Waals surface area contributed by atoms with Gasteiger partial charge in [-0.1, -0.05) is 26.8 Å². The lowest BCUT2D eigenvalue weighted by atomic mass is 9.72. The number of hydrogen-bond donors (Lipinski definition) is 1. The van der Waals surface area contributed by atoms with Gasteiger partial charge >= 0.3 is 5.97 Å². The van der Waals surface area contributed by atoms with Crippen LogP contribution in [0.15, 0.2) is 30.6 Å². The third kappa shape index (κ3) is 4.34. The smallest absolute Gasteiger partial charge is 0.340 e. The summed E-state index contributed by atoms with van der Waals surface area (Å²) in [6.45, 7) is 6.26. The van der Waals surface area contributed by atoms with Crippen LogP contribution in [0.3, 0.4) is 0 Å². The molecule has 1 aliphatic rings. The number of carbonyl (C=O) groups excluding carboxylic acids is 2. The van der Waals surface area contributed by atoms with Gasteiger partial charge in [-0.05, 0) is 48.3 Å². The summed E-state index contributed by atoms with van der Waals surface area (Å²) in [7, 11) is 0. The van der Waals surface area contributed by atoms with Gasteiger partial charge in [-0.25, -0.2) is 4.79 Å². The zero-order valence-electron chi connectivity index (χ0n) is 18.3. The van der Waals surface area contributed by atoms with Gasteiger partial charge in [0, 0.05) is 17.3 Å². The van der Waals surface area contributed by atoms with Crippen LogP contribution < -0.4 is 5.32 Å². The highest BCUT2D eigenvalue weighted by Gasteiger charge is 2.32. The number of nitrogens with zero attached hydrogens (tertiary/aromatic N) is 3. The minimum atomic E-state index is -0.648. The molecule has 32 heavy (non-hydrogen) atoms. The standard InChI is InChI=1S/C24H24N4O3S/c1-24(2,3)14-7-8-15-17(12-25)22(32-19(15)11-14)28-20(29)13-31-23(30)16-5-4-6-18-21(16)27-10-9-26-18/h4-6,9-10,14H,7-8,11,13H2,1-3H3,(H,28,29). The van der Waals surface area contributed by atoms with Crippen LogP contribution in [0.2, 0.25) is 0 Å². The first-order chi connectivity index (χ1) is 15.3. The summed E-state index contributed by atoms with van der Waals surface area (Å²) in [6, 6.07) is 7.27. The first-order valence-electron chi connectivity index (χ1n) is 10.5. The molecular formula is C24H24N4O3S. The Kier molecular flexibility index (Phi) is 5.94. The number of rotatable bonds is 4. The monoisotopic (exact) mass is 448 g/mol. The third-order valence-corrected chi connectivity index (χ3v) is 7.08. The van der Waals surface area contributed by atoms with E-state index in [0.717, 1.165) is 29.7 Å². The molecule has 2 heterocycles. The second-order valence-corrected chi connectivity index (χ2v) is 10.1. The number of anilines is 1. The Morgan fingerprint density at radius 1 is 1.28 bits per heavy atom. The molecule has 0 saturated carbocycles. The fourth-order valence-corrected chi connectivity index (χ4v) is 5.35. The van der Waals surface area contributed by atoms with Crippen LogP contribution >= 0.6 is 11.3 Å². The maximum atomic E-state index is 12.5. The molecule has 1 aromatic carbocycles. The zero-order chi connectivity index (χ0) is 22.9. The summed E-state index contributed by atoms with van der Waals surface area (Å²) in [5.74, 6) is -0.592. The predicted octanol–water partition coefficient (Wildman–Crippen LogP) is 4.51. The first kappa shape index (κ1) is 21.9. The van der Waals surface area contributed by atoms with Gasteiger partial charge in [-0.2, -0.15) is 5.26 Å². The molecule has 0 fully saturated rings. The summed E-state index contributed by atoms with van der Waals surface area (Å²) in [5.41, 5.74) is 3.01. The number of nitriles is 1. The van der Waals surface area contributed by atoms with Gasteiger partial charge in [0.15, 0.2) is 6.61 Å². The molecule has 7 nitrogen and oxygen atoms in total. The molecule has 0 saturated heterocycles. The minimum absolute atomic E-state index is 0.193.